The minimum absolute atomic E-state index is 0.0446. The summed E-state index contributed by atoms with van der Waals surface area (Å²) in [5, 5.41) is 0. The van der Waals surface area contributed by atoms with Crippen molar-refractivity contribution >= 4 is 34.7 Å². The second-order valence-corrected chi connectivity index (χ2v) is 30.4. The monoisotopic (exact) mass is 901 g/mol. The number of Topliss-reactive ketones (excluding diaryl/α,β-unsaturated/α-hetero) is 6. The molecule has 21 atom stereocenters. The van der Waals surface area contributed by atoms with Gasteiger partial charge in [-0.3, -0.25) is 28.8 Å². The van der Waals surface area contributed by atoms with Gasteiger partial charge >= 0.3 is 0 Å². The number of hydrogen-bond donors (Lipinski definition) is 0. The maximum absolute atomic E-state index is 13.2. The summed E-state index contributed by atoms with van der Waals surface area (Å²) < 4.78 is 0. The van der Waals surface area contributed by atoms with Crippen molar-refractivity contribution in [1.29, 1.82) is 0 Å². The zero-order valence-electron chi connectivity index (χ0n) is 43.1. The molecule has 0 aliphatic heterocycles. The summed E-state index contributed by atoms with van der Waals surface area (Å²) in [6.45, 7) is 27.9. The first kappa shape index (κ1) is 44.0. The zero-order chi connectivity index (χ0) is 47.1. The minimum atomic E-state index is -0.229. The zero-order valence-corrected chi connectivity index (χ0v) is 43.1. The minimum Gasteiger partial charge on any atom is -0.299 e. The van der Waals surface area contributed by atoms with Gasteiger partial charge in [-0.1, -0.05) is 83.1 Å². The van der Waals surface area contributed by atoms with E-state index in [4.69, 9.17) is 0 Å². The fraction of sp³-hybridized carbons (Fsp3) is 0.900. The van der Waals surface area contributed by atoms with Crippen LogP contribution < -0.4 is 0 Å². The molecule has 0 unspecified atom stereocenters. The Morgan fingerprint density at radius 1 is 0.364 bits per heavy atom. The van der Waals surface area contributed by atoms with Crippen molar-refractivity contribution in [1.82, 2.24) is 0 Å². The van der Waals surface area contributed by atoms with Crippen LogP contribution in [0.4, 0.5) is 0 Å². The Morgan fingerprint density at radius 2 is 0.606 bits per heavy atom. The van der Waals surface area contributed by atoms with Gasteiger partial charge in [0.05, 0.1) is 0 Å². The molecule has 0 aromatic carbocycles. The van der Waals surface area contributed by atoms with Crippen LogP contribution in [0.5, 0.6) is 0 Å². The third-order valence-corrected chi connectivity index (χ3v) is 28.7. The highest BCUT2D eigenvalue weighted by molar-refractivity contribution is 5.96. The van der Waals surface area contributed by atoms with Gasteiger partial charge in [0, 0.05) is 72.5 Å². The molecule has 18 aliphatic carbocycles. The van der Waals surface area contributed by atoms with Gasteiger partial charge in [-0.25, -0.2) is 0 Å². The van der Waals surface area contributed by atoms with Crippen LogP contribution in [0, 0.1) is 136 Å². The van der Waals surface area contributed by atoms with Gasteiger partial charge in [0.1, 0.15) is 34.7 Å². The molecule has 0 saturated heterocycles. The van der Waals surface area contributed by atoms with E-state index in [2.05, 4.69) is 83.1 Å². The van der Waals surface area contributed by atoms with Crippen molar-refractivity contribution in [3.63, 3.8) is 0 Å². The van der Waals surface area contributed by atoms with Crippen molar-refractivity contribution in [3.8, 4) is 0 Å². The first-order chi connectivity index (χ1) is 30.7. The Bertz CT molecular complexity index is 2110. The molecule has 0 heterocycles. The highest BCUT2D eigenvalue weighted by Crippen LogP contribution is 2.97. The molecule has 18 fully saturated rings. The number of fused-ring (bicyclic) bond motifs is 6. The molecule has 6 spiro atoms. The average Bonchev–Trinajstić information content (AvgIpc) is 4.10. The second-order valence-electron chi connectivity index (χ2n) is 30.4. The molecule has 360 valence electrons. The van der Waals surface area contributed by atoms with E-state index in [1.54, 1.807) is 0 Å². The van der Waals surface area contributed by atoms with Gasteiger partial charge in [0.2, 0.25) is 0 Å². The molecular weight excluding hydrogens is 817 g/mol. The number of rotatable bonds is 0. The van der Waals surface area contributed by atoms with Gasteiger partial charge < -0.3 is 0 Å². The standard InChI is InChI=1S/3C20H28O2/c3*1-11-12-9-19-8-5-14-17(2,3)7-6-15(22)18(14,4)20(19,16(11)19)10-13(12)21/h3*11-12,14,16H,5-10H2,1-4H3/t3*11-,12-,14-,16-,18+,19+,20-/m100/s1. The molecular formula is C60H84O6. The molecule has 18 saturated carbocycles. The second kappa shape index (κ2) is 12.0. The van der Waals surface area contributed by atoms with Crippen molar-refractivity contribution < 1.29 is 28.8 Å². The summed E-state index contributed by atoms with van der Waals surface area (Å²) in [4.78, 5) is 77.7. The van der Waals surface area contributed by atoms with E-state index in [0.29, 0.717) is 122 Å². The van der Waals surface area contributed by atoms with Crippen LogP contribution in [0.2, 0.25) is 0 Å². The van der Waals surface area contributed by atoms with Gasteiger partial charge in [-0.05, 0) is 179 Å². The van der Waals surface area contributed by atoms with Crippen molar-refractivity contribution in [2.24, 2.45) is 136 Å². The average molecular weight is 901 g/mol. The van der Waals surface area contributed by atoms with E-state index in [-0.39, 0.29) is 48.7 Å². The van der Waals surface area contributed by atoms with E-state index in [9.17, 15) is 28.8 Å². The highest BCUT2D eigenvalue weighted by atomic mass is 16.2. The molecule has 0 N–H and O–H groups in total. The summed E-state index contributed by atoms with van der Waals surface area (Å²) in [6, 6.07) is 0. The molecule has 6 nitrogen and oxygen atoms in total. The third-order valence-electron chi connectivity index (χ3n) is 28.7. The largest absolute Gasteiger partial charge is 0.299 e. The maximum atomic E-state index is 13.2. The lowest BCUT2D eigenvalue weighted by atomic mass is 9.42. The molecule has 12 bridgehead atoms. The summed E-state index contributed by atoms with van der Waals surface area (Å²) >= 11 is 0. The Labute approximate surface area is 396 Å². The topological polar surface area (TPSA) is 102 Å². The van der Waals surface area contributed by atoms with Crippen molar-refractivity contribution in [3.05, 3.63) is 0 Å². The number of ketones is 6. The Morgan fingerprint density at radius 3 is 0.848 bits per heavy atom. The van der Waals surface area contributed by atoms with E-state index in [1.807, 2.05) is 0 Å². The normalized spacial score (nSPS) is 60.7. The number of carbonyl (C=O) groups is 6. The quantitative estimate of drug-likeness (QED) is 0.240. The van der Waals surface area contributed by atoms with E-state index < -0.39 is 0 Å². The van der Waals surface area contributed by atoms with Gasteiger partial charge in [-0.15, -0.1) is 0 Å². The van der Waals surface area contributed by atoms with Crippen molar-refractivity contribution in [2.75, 3.05) is 0 Å². The summed E-state index contributed by atoms with van der Waals surface area (Å²) in [5.41, 5.74) is 1.27. The van der Waals surface area contributed by atoms with Gasteiger partial charge in [-0.2, -0.15) is 0 Å². The smallest absolute Gasteiger partial charge is 0.139 e. The van der Waals surface area contributed by atoms with Gasteiger partial charge in [0.25, 0.3) is 0 Å². The van der Waals surface area contributed by atoms with E-state index >= 15 is 0 Å². The van der Waals surface area contributed by atoms with Gasteiger partial charge in [0.15, 0.2) is 0 Å². The Kier molecular flexibility index (Phi) is 8.01. The van der Waals surface area contributed by atoms with Crippen LogP contribution in [-0.2, 0) is 28.8 Å². The molecule has 18 aliphatic rings. The lowest BCUT2D eigenvalue weighted by Crippen LogP contribution is -2.60. The fourth-order valence-electron chi connectivity index (χ4n) is 26.6. The lowest BCUT2D eigenvalue weighted by Gasteiger charge is -2.60. The fourth-order valence-corrected chi connectivity index (χ4v) is 26.6. The lowest BCUT2D eigenvalue weighted by molar-refractivity contribution is -0.170. The molecule has 0 aromatic rings. The summed E-state index contributed by atoms with van der Waals surface area (Å²) in [6.07, 6.45) is 18.3. The van der Waals surface area contributed by atoms with E-state index in [0.717, 1.165) is 77.0 Å². The number of carbonyl (C=O) groups excluding carboxylic acids is 6. The molecule has 0 amide bonds. The summed E-state index contributed by atoms with van der Waals surface area (Å²) in [5.74, 6) is 8.87. The van der Waals surface area contributed by atoms with Crippen molar-refractivity contribution in [2.45, 2.75) is 199 Å². The molecule has 18 rings (SSSR count). The molecule has 6 heteroatoms. The van der Waals surface area contributed by atoms with Crippen LogP contribution in [0.3, 0.4) is 0 Å². The highest BCUT2D eigenvalue weighted by Gasteiger charge is 2.95. The third kappa shape index (κ3) is 4.08. The van der Waals surface area contributed by atoms with E-state index in [1.165, 1.54) is 38.5 Å². The SMILES string of the molecule is C[C@H]1[C@@H]2C[C@@]34CC[C@H]5C(C)(C)CCC(=O)[C@]5(C)[C@]3(CC2=O)[C@@H]14.C[C@H]1[C@@H]2C[C@@]34CC[C@H]5C(C)(C)CCC(=O)[C@]5(C)[C@]3(CC2=O)[C@@H]14.C[C@H]1[C@@H]2[C@@]34CC[C@@H]5C(C)(C)CCC(=O)[C@@]5(C)[C@@]23CC(=O)[C@@H]1C4. The van der Waals surface area contributed by atoms with Crippen LogP contribution >= 0.6 is 0 Å². The van der Waals surface area contributed by atoms with Crippen LogP contribution in [0.1, 0.15) is 199 Å². The van der Waals surface area contributed by atoms with Crippen LogP contribution in [-0.4, -0.2) is 34.7 Å². The number of hydrogen-bond acceptors (Lipinski definition) is 6. The first-order valence-electron chi connectivity index (χ1n) is 27.9. The Balaban J connectivity index is 0.0000000988. The summed E-state index contributed by atoms with van der Waals surface area (Å²) in [7, 11) is 0. The molecule has 0 aromatic heterocycles. The van der Waals surface area contributed by atoms with Crippen LogP contribution in [0.25, 0.3) is 0 Å². The predicted molar refractivity (Wildman–Crippen MR) is 252 cm³/mol. The molecule has 0 radical (unpaired) electrons. The predicted octanol–water partition coefficient (Wildman–Crippen LogP) is 12.1. The van der Waals surface area contributed by atoms with Crippen LogP contribution in [0.15, 0.2) is 0 Å². The first-order valence-corrected chi connectivity index (χ1v) is 27.9. The Hall–Kier alpha value is -1.98. The molecule has 66 heavy (non-hydrogen) atoms. The maximum Gasteiger partial charge on any atom is 0.139 e.